The highest BCUT2D eigenvalue weighted by atomic mass is 32.2. The summed E-state index contributed by atoms with van der Waals surface area (Å²) in [7, 11) is -3.54. The maximum absolute atomic E-state index is 10.6. The summed E-state index contributed by atoms with van der Waals surface area (Å²) < 4.78 is 23.4. The first kappa shape index (κ1) is 11.9. The smallest absolute Gasteiger partial charge is 0.216 e. The number of hydrogen-bond acceptors (Lipinski definition) is 2. The van der Waals surface area contributed by atoms with E-state index in [1.54, 1.807) is 0 Å². The van der Waals surface area contributed by atoms with Gasteiger partial charge in [0.2, 0.25) is 0 Å². The van der Waals surface area contributed by atoms with Gasteiger partial charge in [-0.1, -0.05) is 27.7 Å². The van der Waals surface area contributed by atoms with E-state index in [0.717, 1.165) is 0 Å². The molecule has 0 aliphatic carbocycles. The highest BCUT2D eigenvalue weighted by Gasteiger charge is 2.23. The Morgan fingerprint density at radius 1 is 1.42 bits per heavy atom. The Labute approximate surface area is 74.7 Å². The SMILES string of the molecule is CC(C)C(C)(C)CNS(N)(=O)=O. The molecule has 74 valence electrons. The van der Waals surface area contributed by atoms with Gasteiger partial charge >= 0.3 is 0 Å². The molecule has 0 unspecified atom stereocenters. The van der Waals surface area contributed by atoms with E-state index in [1.807, 2.05) is 27.7 Å². The van der Waals surface area contributed by atoms with Gasteiger partial charge in [-0.2, -0.15) is 8.42 Å². The number of nitrogens with one attached hydrogen (secondary N) is 1. The predicted molar refractivity (Wildman–Crippen MR) is 49.7 cm³/mol. The van der Waals surface area contributed by atoms with Crippen LogP contribution in [0.3, 0.4) is 0 Å². The first-order valence-electron chi connectivity index (χ1n) is 3.92. The molecule has 4 nitrogen and oxygen atoms in total. The van der Waals surface area contributed by atoms with Crippen molar-refractivity contribution in [3.05, 3.63) is 0 Å². The zero-order valence-electron chi connectivity index (χ0n) is 8.09. The van der Waals surface area contributed by atoms with Crippen LogP contribution in [0.2, 0.25) is 0 Å². The minimum atomic E-state index is -3.54. The summed E-state index contributed by atoms with van der Waals surface area (Å²) in [5.74, 6) is 0.409. The lowest BCUT2D eigenvalue weighted by Gasteiger charge is -2.28. The van der Waals surface area contributed by atoms with E-state index in [9.17, 15) is 8.42 Å². The zero-order chi connectivity index (χ0) is 9.99. The van der Waals surface area contributed by atoms with Crippen molar-refractivity contribution in [2.75, 3.05) is 6.54 Å². The monoisotopic (exact) mass is 194 g/mol. The Balaban J connectivity index is 4.10. The largest absolute Gasteiger partial charge is 0.274 e. The summed E-state index contributed by atoms with van der Waals surface area (Å²) in [5.41, 5.74) is -0.0631. The van der Waals surface area contributed by atoms with Crippen molar-refractivity contribution in [2.45, 2.75) is 27.7 Å². The predicted octanol–water partition coefficient (Wildman–Crippen LogP) is 0.462. The summed E-state index contributed by atoms with van der Waals surface area (Å²) in [6.45, 7) is 8.46. The van der Waals surface area contributed by atoms with Crippen LogP contribution in [-0.4, -0.2) is 15.0 Å². The van der Waals surface area contributed by atoms with E-state index in [1.165, 1.54) is 0 Å². The van der Waals surface area contributed by atoms with E-state index in [0.29, 0.717) is 12.5 Å². The molecule has 0 rings (SSSR count). The van der Waals surface area contributed by atoms with E-state index >= 15 is 0 Å². The summed E-state index contributed by atoms with van der Waals surface area (Å²) in [6.07, 6.45) is 0. The maximum atomic E-state index is 10.6. The van der Waals surface area contributed by atoms with Crippen LogP contribution in [0.4, 0.5) is 0 Å². The molecule has 0 aliphatic heterocycles. The number of rotatable bonds is 4. The van der Waals surface area contributed by atoms with Gasteiger partial charge in [-0.15, -0.1) is 0 Å². The average molecular weight is 194 g/mol. The van der Waals surface area contributed by atoms with Gasteiger partial charge in [0.1, 0.15) is 0 Å². The van der Waals surface area contributed by atoms with Crippen molar-refractivity contribution in [1.29, 1.82) is 0 Å². The van der Waals surface area contributed by atoms with E-state index in [4.69, 9.17) is 5.14 Å². The van der Waals surface area contributed by atoms with Crippen LogP contribution in [0.1, 0.15) is 27.7 Å². The number of hydrogen-bond donors (Lipinski definition) is 2. The van der Waals surface area contributed by atoms with Crippen molar-refractivity contribution in [3.8, 4) is 0 Å². The molecule has 0 saturated heterocycles. The highest BCUT2D eigenvalue weighted by Crippen LogP contribution is 2.24. The quantitative estimate of drug-likeness (QED) is 0.682. The van der Waals surface area contributed by atoms with E-state index < -0.39 is 10.2 Å². The Bertz CT molecular complexity index is 232. The molecule has 5 heteroatoms. The molecule has 0 aromatic heterocycles. The molecule has 0 atom stereocenters. The molecule has 0 saturated carbocycles. The standard InChI is InChI=1S/C7H18N2O2S/c1-6(2)7(3,4)5-9-12(8,10)11/h6,9H,5H2,1-4H3,(H2,8,10,11). The van der Waals surface area contributed by atoms with Crippen molar-refractivity contribution in [1.82, 2.24) is 4.72 Å². The topological polar surface area (TPSA) is 72.2 Å². The Hall–Kier alpha value is -0.130. The third-order valence-electron chi connectivity index (χ3n) is 2.29. The van der Waals surface area contributed by atoms with Crippen LogP contribution < -0.4 is 9.86 Å². The second kappa shape index (κ2) is 3.72. The van der Waals surface area contributed by atoms with Gasteiger partial charge in [-0.3, -0.25) is 0 Å². The highest BCUT2D eigenvalue weighted by molar-refractivity contribution is 7.87. The fourth-order valence-corrected chi connectivity index (χ4v) is 1.06. The first-order valence-corrected chi connectivity index (χ1v) is 5.47. The maximum Gasteiger partial charge on any atom is 0.274 e. The zero-order valence-corrected chi connectivity index (χ0v) is 8.90. The van der Waals surface area contributed by atoms with Gasteiger partial charge in [-0.05, 0) is 11.3 Å². The van der Waals surface area contributed by atoms with E-state index in [-0.39, 0.29) is 5.41 Å². The molecule has 12 heavy (non-hydrogen) atoms. The molecular formula is C7H18N2O2S. The molecule has 0 radical (unpaired) electrons. The van der Waals surface area contributed by atoms with Crippen molar-refractivity contribution in [3.63, 3.8) is 0 Å². The van der Waals surface area contributed by atoms with Crippen LogP contribution in [0, 0.1) is 11.3 Å². The van der Waals surface area contributed by atoms with Crippen LogP contribution >= 0.6 is 0 Å². The Morgan fingerprint density at radius 3 is 2.08 bits per heavy atom. The third kappa shape index (κ3) is 4.69. The molecular weight excluding hydrogens is 176 g/mol. The molecule has 0 spiro atoms. The average Bonchev–Trinajstić information content (AvgIpc) is 1.82. The molecule has 0 aromatic rings. The van der Waals surface area contributed by atoms with E-state index in [2.05, 4.69) is 4.72 Å². The van der Waals surface area contributed by atoms with Gasteiger partial charge in [0, 0.05) is 6.54 Å². The lowest BCUT2D eigenvalue weighted by Crippen LogP contribution is -2.40. The van der Waals surface area contributed by atoms with Crippen LogP contribution in [-0.2, 0) is 10.2 Å². The van der Waals surface area contributed by atoms with Gasteiger partial charge in [0.25, 0.3) is 10.2 Å². The molecule has 0 bridgehead atoms. The molecule has 0 aromatic carbocycles. The fourth-order valence-electron chi connectivity index (χ4n) is 0.491. The van der Waals surface area contributed by atoms with Gasteiger partial charge < -0.3 is 0 Å². The van der Waals surface area contributed by atoms with Crippen molar-refractivity contribution >= 4 is 10.2 Å². The molecule has 0 amide bonds. The minimum absolute atomic E-state index is 0.0631. The lowest BCUT2D eigenvalue weighted by atomic mass is 9.81. The van der Waals surface area contributed by atoms with Crippen LogP contribution in [0.15, 0.2) is 0 Å². The Morgan fingerprint density at radius 2 is 1.83 bits per heavy atom. The second-order valence-electron chi connectivity index (χ2n) is 4.01. The molecule has 0 heterocycles. The van der Waals surface area contributed by atoms with Crippen molar-refractivity contribution in [2.24, 2.45) is 16.5 Å². The first-order chi connectivity index (χ1) is 5.15. The molecule has 3 N–H and O–H groups in total. The summed E-state index contributed by atoms with van der Waals surface area (Å²) in [4.78, 5) is 0. The van der Waals surface area contributed by atoms with Crippen LogP contribution in [0.25, 0.3) is 0 Å². The summed E-state index contributed by atoms with van der Waals surface area (Å²) >= 11 is 0. The fraction of sp³-hybridized carbons (Fsp3) is 1.00. The lowest BCUT2D eigenvalue weighted by molar-refractivity contribution is 0.252. The summed E-state index contributed by atoms with van der Waals surface area (Å²) in [6, 6.07) is 0. The molecule has 0 aliphatic rings. The minimum Gasteiger partial charge on any atom is -0.216 e. The van der Waals surface area contributed by atoms with Crippen molar-refractivity contribution < 1.29 is 8.42 Å². The van der Waals surface area contributed by atoms with Gasteiger partial charge in [0.15, 0.2) is 0 Å². The Kier molecular flexibility index (Phi) is 3.68. The number of nitrogens with two attached hydrogens (primary N) is 1. The van der Waals surface area contributed by atoms with Gasteiger partial charge in [-0.25, -0.2) is 9.86 Å². The van der Waals surface area contributed by atoms with Gasteiger partial charge in [0.05, 0.1) is 0 Å². The molecule has 0 fully saturated rings. The summed E-state index contributed by atoms with van der Waals surface area (Å²) in [5, 5.41) is 4.80. The second-order valence-corrected chi connectivity index (χ2v) is 5.39. The third-order valence-corrected chi connectivity index (χ3v) is 2.84. The normalized spacial score (nSPS) is 13.8. The van der Waals surface area contributed by atoms with Crippen LogP contribution in [0.5, 0.6) is 0 Å².